The molecule has 0 aliphatic heterocycles. The van der Waals surface area contributed by atoms with E-state index >= 15 is 0 Å². The van der Waals surface area contributed by atoms with Gasteiger partial charge in [-0.1, -0.05) is 6.07 Å². The highest BCUT2D eigenvalue weighted by Crippen LogP contribution is 2.61. The zero-order valence-corrected chi connectivity index (χ0v) is 13.3. The third kappa shape index (κ3) is 2.11. The molecule has 122 valence electrons. The molecular weight excluding hydrogens is 292 g/mol. The van der Waals surface area contributed by atoms with E-state index in [0.717, 1.165) is 19.3 Å². The number of aryl methyl sites for hydroxylation is 1. The van der Waals surface area contributed by atoms with Crippen molar-refractivity contribution < 1.29 is 19.8 Å². The number of rotatable bonds is 3. The van der Waals surface area contributed by atoms with Gasteiger partial charge in [0.25, 0.3) is 0 Å². The Labute approximate surface area is 135 Å². The van der Waals surface area contributed by atoms with Crippen molar-refractivity contribution in [3.8, 4) is 0 Å². The van der Waals surface area contributed by atoms with E-state index in [1.54, 1.807) is 19.1 Å². The van der Waals surface area contributed by atoms with Crippen LogP contribution in [0.5, 0.6) is 0 Å². The molecule has 23 heavy (non-hydrogen) atoms. The van der Waals surface area contributed by atoms with Crippen molar-refractivity contribution in [3.63, 3.8) is 0 Å². The molecule has 0 radical (unpaired) electrons. The number of aromatic carboxylic acids is 2. The Morgan fingerprint density at radius 3 is 1.91 bits per heavy atom. The molecule has 4 bridgehead atoms. The molecule has 0 atom stereocenters. The van der Waals surface area contributed by atoms with E-state index < -0.39 is 11.9 Å². The second-order valence-electron chi connectivity index (χ2n) is 7.99. The van der Waals surface area contributed by atoms with Crippen molar-refractivity contribution in [3.05, 3.63) is 34.4 Å². The van der Waals surface area contributed by atoms with E-state index in [9.17, 15) is 19.8 Å². The molecule has 4 fully saturated rings. The molecule has 0 heterocycles. The fraction of sp³-hybridized carbons (Fsp3) is 0.579. The maximum Gasteiger partial charge on any atom is 0.336 e. The van der Waals surface area contributed by atoms with Crippen molar-refractivity contribution in [2.24, 2.45) is 17.8 Å². The standard InChI is InChI=1S/C19H22O4/c1-10-2-3-14(17(20)21)16(15(10)18(22)23)19-7-11-4-12(8-19)6-13(5-11)9-19/h2-3,11-13H,4-9H2,1H3,(H,20,21)(H,22,23). The summed E-state index contributed by atoms with van der Waals surface area (Å²) < 4.78 is 0. The van der Waals surface area contributed by atoms with Crippen LogP contribution < -0.4 is 0 Å². The van der Waals surface area contributed by atoms with Gasteiger partial charge < -0.3 is 10.2 Å². The van der Waals surface area contributed by atoms with Crippen LogP contribution in [-0.4, -0.2) is 22.2 Å². The first-order valence-electron chi connectivity index (χ1n) is 8.50. The van der Waals surface area contributed by atoms with Gasteiger partial charge in [0.05, 0.1) is 11.1 Å². The van der Waals surface area contributed by atoms with Gasteiger partial charge in [-0.15, -0.1) is 0 Å². The van der Waals surface area contributed by atoms with Crippen molar-refractivity contribution in [2.45, 2.75) is 50.9 Å². The molecule has 4 aliphatic rings. The van der Waals surface area contributed by atoms with Gasteiger partial charge in [0.15, 0.2) is 0 Å². The molecule has 4 aliphatic carbocycles. The largest absolute Gasteiger partial charge is 0.478 e. The molecule has 0 amide bonds. The smallest absolute Gasteiger partial charge is 0.336 e. The molecule has 0 aromatic heterocycles. The van der Waals surface area contributed by atoms with Crippen LogP contribution in [0.3, 0.4) is 0 Å². The molecule has 5 rings (SSSR count). The first-order valence-corrected chi connectivity index (χ1v) is 8.50. The van der Waals surface area contributed by atoms with Crippen LogP contribution in [0, 0.1) is 24.7 Å². The Kier molecular flexibility index (Phi) is 3.09. The highest BCUT2D eigenvalue weighted by Gasteiger charge is 2.53. The summed E-state index contributed by atoms with van der Waals surface area (Å²) >= 11 is 0. The van der Waals surface area contributed by atoms with Gasteiger partial charge in [-0.05, 0) is 85.8 Å². The lowest BCUT2D eigenvalue weighted by Crippen LogP contribution is -2.49. The topological polar surface area (TPSA) is 74.6 Å². The highest BCUT2D eigenvalue weighted by molar-refractivity contribution is 5.98. The van der Waals surface area contributed by atoms with E-state index in [2.05, 4.69) is 0 Å². The average molecular weight is 314 g/mol. The maximum absolute atomic E-state index is 11.9. The zero-order valence-electron chi connectivity index (χ0n) is 13.3. The first kappa shape index (κ1) is 14.7. The van der Waals surface area contributed by atoms with Gasteiger partial charge in [-0.2, -0.15) is 0 Å². The maximum atomic E-state index is 11.9. The summed E-state index contributed by atoms with van der Waals surface area (Å²) in [4.78, 5) is 23.7. The summed E-state index contributed by atoms with van der Waals surface area (Å²) in [6, 6.07) is 3.24. The Hall–Kier alpha value is -1.84. The van der Waals surface area contributed by atoms with Gasteiger partial charge in [0, 0.05) is 0 Å². The second kappa shape index (κ2) is 4.83. The summed E-state index contributed by atoms with van der Waals surface area (Å²) in [5, 5.41) is 19.4. The third-order valence-electron chi connectivity index (χ3n) is 6.43. The summed E-state index contributed by atoms with van der Waals surface area (Å²) in [7, 11) is 0. The first-order chi connectivity index (χ1) is 10.9. The molecule has 1 aromatic carbocycles. The van der Waals surface area contributed by atoms with Crippen LogP contribution in [-0.2, 0) is 5.41 Å². The van der Waals surface area contributed by atoms with E-state index in [1.165, 1.54) is 19.3 Å². The molecule has 0 saturated heterocycles. The number of carboxylic acids is 2. The quantitative estimate of drug-likeness (QED) is 0.888. The molecule has 2 N–H and O–H groups in total. The summed E-state index contributed by atoms with van der Waals surface area (Å²) in [5.74, 6) is -0.0604. The van der Waals surface area contributed by atoms with Crippen molar-refractivity contribution in [1.29, 1.82) is 0 Å². The van der Waals surface area contributed by atoms with Crippen molar-refractivity contribution in [1.82, 2.24) is 0 Å². The monoisotopic (exact) mass is 314 g/mol. The van der Waals surface area contributed by atoms with Crippen LogP contribution in [0.4, 0.5) is 0 Å². The van der Waals surface area contributed by atoms with Crippen LogP contribution in [0.1, 0.15) is 70.4 Å². The minimum absolute atomic E-state index is 0.204. The highest BCUT2D eigenvalue weighted by atomic mass is 16.4. The molecular formula is C19H22O4. The molecule has 4 saturated carbocycles. The average Bonchev–Trinajstić information content (AvgIpc) is 2.44. The third-order valence-corrected chi connectivity index (χ3v) is 6.43. The Balaban J connectivity index is 1.95. The lowest BCUT2D eigenvalue weighted by atomic mass is 9.47. The van der Waals surface area contributed by atoms with E-state index in [4.69, 9.17) is 0 Å². The molecule has 4 nitrogen and oxygen atoms in total. The van der Waals surface area contributed by atoms with Crippen LogP contribution in [0.2, 0.25) is 0 Å². The predicted molar refractivity (Wildman–Crippen MR) is 84.9 cm³/mol. The Bertz CT molecular complexity index is 668. The fourth-order valence-electron chi connectivity index (χ4n) is 6.13. The van der Waals surface area contributed by atoms with Crippen LogP contribution in [0.15, 0.2) is 12.1 Å². The second-order valence-corrected chi connectivity index (χ2v) is 7.99. The van der Waals surface area contributed by atoms with Crippen LogP contribution in [0.25, 0.3) is 0 Å². The fourth-order valence-corrected chi connectivity index (χ4v) is 6.13. The van der Waals surface area contributed by atoms with Crippen LogP contribution >= 0.6 is 0 Å². The number of benzene rings is 1. The minimum Gasteiger partial charge on any atom is -0.478 e. The lowest BCUT2D eigenvalue weighted by Gasteiger charge is -2.57. The normalized spacial score (nSPS) is 34.6. The zero-order chi connectivity index (χ0) is 16.4. The number of hydrogen-bond acceptors (Lipinski definition) is 2. The summed E-state index contributed by atoms with van der Waals surface area (Å²) in [5.41, 5.74) is 1.51. The van der Waals surface area contributed by atoms with Gasteiger partial charge in [-0.25, -0.2) is 9.59 Å². The van der Waals surface area contributed by atoms with E-state index in [0.29, 0.717) is 28.9 Å². The number of hydrogen-bond donors (Lipinski definition) is 2. The van der Waals surface area contributed by atoms with E-state index in [1.807, 2.05) is 0 Å². The number of carbonyl (C=O) groups is 2. The lowest BCUT2D eigenvalue weighted by molar-refractivity contribution is -0.00648. The molecule has 1 aromatic rings. The summed E-state index contributed by atoms with van der Waals surface area (Å²) in [6.45, 7) is 1.78. The van der Waals surface area contributed by atoms with Gasteiger partial charge >= 0.3 is 11.9 Å². The SMILES string of the molecule is Cc1ccc(C(=O)O)c(C23CC4CC(CC(C4)C2)C3)c1C(=O)O. The predicted octanol–water partition coefficient (Wildman–Crippen LogP) is 3.86. The molecule has 0 spiro atoms. The van der Waals surface area contributed by atoms with Crippen molar-refractivity contribution in [2.75, 3.05) is 0 Å². The molecule has 4 heteroatoms. The Morgan fingerprint density at radius 1 is 0.957 bits per heavy atom. The van der Waals surface area contributed by atoms with Gasteiger partial charge in [-0.3, -0.25) is 0 Å². The Morgan fingerprint density at radius 2 is 1.48 bits per heavy atom. The summed E-state index contributed by atoms with van der Waals surface area (Å²) in [6.07, 6.45) is 6.62. The molecule has 0 unspecified atom stereocenters. The van der Waals surface area contributed by atoms with Gasteiger partial charge in [0.2, 0.25) is 0 Å². The van der Waals surface area contributed by atoms with Gasteiger partial charge in [0.1, 0.15) is 0 Å². The minimum atomic E-state index is -1.00. The number of carboxylic acid groups (broad SMARTS) is 2. The van der Waals surface area contributed by atoms with E-state index in [-0.39, 0.29) is 16.5 Å². The van der Waals surface area contributed by atoms with Crippen molar-refractivity contribution >= 4 is 11.9 Å².